The molecule has 0 bridgehead atoms. The van der Waals surface area contributed by atoms with E-state index in [-0.39, 0.29) is 5.41 Å². The van der Waals surface area contributed by atoms with Crippen LogP contribution in [-0.4, -0.2) is 28.4 Å². The molecule has 0 unspecified atom stereocenters. The number of rotatable bonds is 8. The average Bonchev–Trinajstić information content (AvgIpc) is 2.79. The summed E-state index contributed by atoms with van der Waals surface area (Å²) in [5.41, 5.74) is 3.00. The van der Waals surface area contributed by atoms with Crippen LogP contribution >= 0.6 is 0 Å². The fourth-order valence-corrected chi connectivity index (χ4v) is 3.67. The summed E-state index contributed by atoms with van der Waals surface area (Å²) < 4.78 is 22.0. The maximum atomic E-state index is 5.63. The Morgan fingerprint density at radius 3 is 1.41 bits per heavy atom. The molecule has 29 heavy (non-hydrogen) atoms. The van der Waals surface area contributed by atoms with Gasteiger partial charge in [0, 0.05) is 11.0 Å². The lowest BCUT2D eigenvalue weighted by Gasteiger charge is -2.32. The highest BCUT2D eigenvalue weighted by atomic mass is 16.5. The van der Waals surface area contributed by atoms with Crippen LogP contribution < -0.4 is 18.9 Å². The molecule has 0 aliphatic carbocycles. The Balaban J connectivity index is 2.15. The second kappa shape index (κ2) is 8.91. The summed E-state index contributed by atoms with van der Waals surface area (Å²) in [6.45, 7) is 2.23. The lowest BCUT2D eigenvalue weighted by atomic mass is 9.72. The Bertz CT molecular complexity index is 860. The van der Waals surface area contributed by atoms with Crippen LogP contribution in [0.25, 0.3) is 0 Å². The molecule has 0 fully saturated rings. The number of hydrogen-bond donors (Lipinski definition) is 0. The molecule has 0 aliphatic rings. The highest BCUT2D eigenvalue weighted by Crippen LogP contribution is 2.41. The van der Waals surface area contributed by atoms with Crippen LogP contribution in [0.5, 0.6) is 23.0 Å². The van der Waals surface area contributed by atoms with Gasteiger partial charge in [0.15, 0.2) is 0 Å². The molecule has 1 radical (unpaired) electrons. The number of methoxy groups -OCH3 is 4. The van der Waals surface area contributed by atoms with Crippen LogP contribution in [0.2, 0.25) is 0 Å². The summed E-state index contributed by atoms with van der Waals surface area (Å²) in [7, 11) is 6.69. The molecular formula is C25H27O4. The summed E-state index contributed by atoms with van der Waals surface area (Å²) in [4.78, 5) is 0. The van der Waals surface area contributed by atoms with Gasteiger partial charge >= 0.3 is 0 Å². The topological polar surface area (TPSA) is 36.9 Å². The number of benzene rings is 3. The molecule has 0 amide bonds. The van der Waals surface area contributed by atoms with E-state index < -0.39 is 0 Å². The molecule has 0 atom stereocenters. The molecule has 3 aromatic carbocycles. The summed E-state index contributed by atoms with van der Waals surface area (Å²) in [6, 6.07) is 23.2. The fraction of sp³-hybridized carbons (Fsp3) is 0.280. The lowest BCUT2D eigenvalue weighted by Crippen LogP contribution is -2.27. The first-order valence-corrected chi connectivity index (χ1v) is 9.45. The number of hydrogen-bond acceptors (Lipinski definition) is 4. The lowest BCUT2D eigenvalue weighted by molar-refractivity contribution is 0.378. The first-order valence-electron chi connectivity index (χ1n) is 9.45. The van der Waals surface area contributed by atoms with Crippen molar-refractivity contribution in [2.75, 3.05) is 28.4 Å². The van der Waals surface area contributed by atoms with Gasteiger partial charge in [0.25, 0.3) is 0 Å². The second-order valence-corrected chi connectivity index (χ2v) is 7.04. The van der Waals surface area contributed by atoms with E-state index in [9.17, 15) is 0 Å². The molecule has 0 saturated heterocycles. The van der Waals surface area contributed by atoms with E-state index in [1.807, 2.05) is 36.4 Å². The van der Waals surface area contributed by atoms with Crippen molar-refractivity contribution in [2.24, 2.45) is 0 Å². The van der Waals surface area contributed by atoms with Crippen molar-refractivity contribution in [1.29, 1.82) is 0 Å². The van der Waals surface area contributed by atoms with Crippen molar-refractivity contribution >= 4 is 0 Å². The molecule has 151 valence electrons. The molecule has 3 rings (SSSR count). The van der Waals surface area contributed by atoms with Crippen molar-refractivity contribution in [2.45, 2.75) is 18.8 Å². The van der Waals surface area contributed by atoms with Gasteiger partial charge < -0.3 is 18.9 Å². The third-order valence-electron chi connectivity index (χ3n) is 5.45. The van der Waals surface area contributed by atoms with Gasteiger partial charge in [0.1, 0.15) is 23.0 Å². The van der Waals surface area contributed by atoms with Crippen molar-refractivity contribution in [3.8, 4) is 23.0 Å². The van der Waals surface area contributed by atoms with Gasteiger partial charge in [-0.2, -0.15) is 0 Å². The van der Waals surface area contributed by atoms with Gasteiger partial charge in [0.2, 0.25) is 0 Å². The number of ether oxygens (including phenoxy) is 4. The minimum Gasteiger partial charge on any atom is -0.497 e. The van der Waals surface area contributed by atoms with E-state index in [1.165, 1.54) is 11.1 Å². The van der Waals surface area contributed by atoms with Crippen LogP contribution in [0.4, 0.5) is 0 Å². The summed E-state index contributed by atoms with van der Waals surface area (Å²) in [5.74, 6) is 3.18. The Morgan fingerprint density at radius 1 is 0.655 bits per heavy atom. The van der Waals surface area contributed by atoms with Crippen LogP contribution in [-0.2, 0) is 11.8 Å². The minimum atomic E-state index is -0.333. The molecule has 0 spiro atoms. The van der Waals surface area contributed by atoms with Gasteiger partial charge in [-0.25, -0.2) is 0 Å². The fourth-order valence-electron chi connectivity index (χ4n) is 3.67. The molecule has 4 nitrogen and oxygen atoms in total. The van der Waals surface area contributed by atoms with E-state index in [4.69, 9.17) is 18.9 Å². The average molecular weight is 391 g/mol. The third kappa shape index (κ3) is 4.16. The molecule has 0 aliphatic heterocycles. The second-order valence-electron chi connectivity index (χ2n) is 7.04. The van der Waals surface area contributed by atoms with Crippen LogP contribution in [0.3, 0.4) is 0 Å². The summed E-state index contributed by atoms with van der Waals surface area (Å²) in [5, 5.41) is 0. The van der Waals surface area contributed by atoms with E-state index in [0.29, 0.717) is 6.42 Å². The zero-order valence-corrected chi connectivity index (χ0v) is 17.6. The van der Waals surface area contributed by atoms with Gasteiger partial charge in [-0.05, 0) is 60.0 Å². The maximum Gasteiger partial charge on any atom is 0.126 e. The first-order chi connectivity index (χ1) is 14.0. The zero-order valence-electron chi connectivity index (χ0n) is 17.6. The van der Waals surface area contributed by atoms with Crippen molar-refractivity contribution in [3.05, 3.63) is 83.4 Å². The Kier molecular flexibility index (Phi) is 6.32. The monoisotopic (exact) mass is 391 g/mol. The first kappa shape index (κ1) is 20.6. The maximum absolute atomic E-state index is 5.63. The predicted molar refractivity (Wildman–Crippen MR) is 115 cm³/mol. The molecule has 0 saturated carbocycles. The Hall–Kier alpha value is -3.14. The van der Waals surface area contributed by atoms with Gasteiger partial charge in [-0.3, -0.25) is 0 Å². The van der Waals surface area contributed by atoms with Crippen molar-refractivity contribution in [3.63, 3.8) is 0 Å². The van der Waals surface area contributed by atoms with E-state index in [1.54, 1.807) is 28.4 Å². The SMILES string of the molecule is COc1ccc(C(C)(Cc2c(OC)c[c]cc2OC)c2ccc(OC)cc2)cc1. The van der Waals surface area contributed by atoms with Crippen LogP contribution in [0.15, 0.2) is 60.7 Å². The molecule has 0 aromatic heterocycles. The summed E-state index contributed by atoms with van der Waals surface area (Å²) in [6.07, 6.45) is 0.687. The van der Waals surface area contributed by atoms with Crippen molar-refractivity contribution < 1.29 is 18.9 Å². The molecular weight excluding hydrogens is 364 g/mol. The molecule has 4 heteroatoms. The van der Waals surface area contributed by atoms with E-state index >= 15 is 0 Å². The van der Waals surface area contributed by atoms with Gasteiger partial charge in [-0.1, -0.05) is 31.2 Å². The normalized spacial score (nSPS) is 11.1. The van der Waals surface area contributed by atoms with E-state index in [2.05, 4.69) is 37.3 Å². The highest BCUT2D eigenvalue weighted by molar-refractivity contribution is 5.50. The van der Waals surface area contributed by atoms with Gasteiger partial charge in [-0.15, -0.1) is 0 Å². The van der Waals surface area contributed by atoms with Crippen molar-refractivity contribution in [1.82, 2.24) is 0 Å². The van der Waals surface area contributed by atoms with E-state index in [0.717, 1.165) is 28.6 Å². The smallest absolute Gasteiger partial charge is 0.126 e. The Labute approximate surface area is 173 Å². The molecule has 3 aromatic rings. The molecule has 0 heterocycles. The van der Waals surface area contributed by atoms with Crippen LogP contribution in [0, 0.1) is 6.07 Å². The third-order valence-corrected chi connectivity index (χ3v) is 5.45. The predicted octanol–water partition coefficient (Wildman–Crippen LogP) is 5.07. The van der Waals surface area contributed by atoms with Crippen LogP contribution in [0.1, 0.15) is 23.6 Å². The largest absolute Gasteiger partial charge is 0.497 e. The summed E-state index contributed by atoms with van der Waals surface area (Å²) >= 11 is 0. The van der Waals surface area contributed by atoms with Gasteiger partial charge in [0.05, 0.1) is 28.4 Å². The molecule has 0 N–H and O–H groups in total. The highest BCUT2D eigenvalue weighted by Gasteiger charge is 2.32. The zero-order chi connectivity index (χ0) is 20.9. The minimum absolute atomic E-state index is 0.333. The Morgan fingerprint density at radius 2 is 1.07 bits per heavy atom. The quantitative estimate of drug-likeness (QED) is 0.537. The standard InChI is InChI=1S/C25H27O4/c1-25(18-9-13-20(26-2)14-10-18,19-11-15-21(27-3)16-12-19)17-22-23(28-4)7-6-8-24(22)29-5/h7-16H,17H2,1-5H3.